The SMILES string of the molecule is C=CCCC1CNC(=O)C1. The minimum Gasteiger partial charge on any atom is -0.356 e. The third-order valence-electron chi connectivity index (χ3n) is 1.84. The Morgan fingerprint density at radius 1 is 1.80 bits per heavy atom. The lowest BCUT2D eigenvalue weighted by Crippen LogP contribution is -2.13. The van der Waals surface area contributed by atoms with E-state index in [1.54, 1.807) is 0 Å². The van der Waals surface area contributed by atoms with Crippen molar-refractivity contribution in [1.29, 1.82) is 0 Å². The quantitative estimate of drug-likeness (QED) is 0.582. The van der Waals surface area contributed by atoms with Crippen molar-refractivity contribution in [3.63, 3.8) is 0 Å². The summed E-state index contributed by atoms with van der Waals surface area (Å²) >= 11 is 0. The second-order valence-electron chi connectivity index (χ2n) is 2.74. The zero-order valence-corrected chi connectivity index (χ0v) is 6.10. The van der Waals surface area contributed by atoms with Crippen LogP contribution in [-0.4, -0.2) is 12.5 Å². The number of rotatable bonds is 3. The third-order valence-corrected chi connectivity index (χ3v) is 1.84. The number of hydrogen-bond acceptors (Lipinski definition) is 1. The fraction of sp³-hybridized carbons (Fsp3) is 0.625. The number of hydrogen-bond donors (Lipinski definition) is 1. The number of carbonyl (C=O) groups is 1. The zero-order valence-electron chi connectivity index (χ0n) is 6.10. The molecule has 2 heteroatoms. The molecule has 1 N–H and O–H groups in total. The molecular weight excluding hydrogens is 126 g/mol. The van der Waals surface area contributed by atoms with Gasteiger partial charge in [-0.1, -0.05) is 6.08 Å². The predicted octanol–water partition coefficient (Wildman–Crippen LogP) is 1.09. The summed E-state index contributed by atoms with van der Waals surface area (Å²) in [5.41, 5.74) is 0. The van der Waals surface area contributed by atoms with E-state index < -0.39 is 0 Å². The molecule has 0 saturated carbocycles. The van der Waals surface area contributed by atoms with E-state index in [9.17, 15) is 4.79 Å². The molecule has 1 fully saturated rings. The van der Waals surface area contributed by atoms with Crippen LogP contribution in [0.3, 0.4) is 0 Å². The Balaban J connectivity index is 2.18. The fourth-order valence-corrected chi connectivity index (χ4v) is 1.22. The molecular formula is C8H13NO. The van der Waals surface area contributed by atoms with E-state index in [2.05, 4.69) is 11.9 Å². The largest absolute Gasteiger partial charge is 0.356 e. The topological polar surface area (TPSA) is 29.1 Å². The highest BCUT2D eigenvalue weighted by molar-refractivity contribution is 5.78. The van der Waals surface area contributed by atoms with E-state index in [1.165, 1.54) is 0 Å². The summed E-state index contributed by atoms with van der Waals surface area (Å²) in [6.07, 6.45) is 4.75. The van der Waals surface area contributed by atoms with Crippen LogP contribution in [-0.2, 0) is 4.79 Å². The summed E-state index contributed by atoms with van der Waals surface area (Å²) < 4.78 is 0. The monoisotopic (exact) mass is 139 g/mol. The van der Waals surface area contributed by atoms with E-state index in [4.69, 9.17) is 0 Å². The normalized spacial score (nSPS) is 24.4. The summed E-state index contributed by atoms with van der Waals surface area (Å²) in [6, 6.07) is 0. The van der Waals surface area contributed by atoms with Gasteiger partial charge in [0.15, 0.2) is 0 Å². The van der Waals surface area contributed by atoms with Crippen LogP contribution in [0.4, 0.5) is 0 Å². The molecule has 1 aliphatic rings. The van der Waals surface area contributed by atoms with Crippen LogP contribution in [0.25, 0.3) is 0 Å². The molecule has 56 valence electrons. The van der Waals surface area contributed by atoms with Crippen LogP contribution in [0, 0.1) is 5.92 Å². The summed E-state index contributed by atoms with van der Waals surface area (Å²) in [5, 5.41) is 2.81. The lowest BCUT2D eigenvalue weighted by atomic mass is 10.0. The van der Waals surface area contributed by atoms with Crippen molar-refractivity contribution >= 4 is 5.91 Å². The Hall–Kier alpha value is -0.790. The van der Waals surface area contributed by atoms with Gasteiger partial charge in [-0.2, -0.15) is 0 Å². The molecule has 2 nitrogen and oxygen atoms in total. The van der Waals surface area contributed by atoms with Gasteiger partial charge in [0, 0.05) is 13.0 Å². The molecule has 1 rings (SSSR count). The Bertz CT molecular complexity index is 142. The Labute approximate surface area is 61.3 Å². The standard InChI is InChI=1S/C8H13NO/c1-2-3-4-7-5-8(10)9-6-7/h2,7H,1,3-6H2,(H,9,10). The van der Waals surface area contributed by atoms with E-state index in [0.29, 0.717) is 12.3 Å². The Kier molecular flexibility index (Phi) is 2.49. The van der Waals surface area contributed by atoms with E-state index in [0.717, 1.165) is 19.4 Å². The zero-order chi connectivity index (χ0) is 7.40. The van der Waals surface area contributed by atoms with Crippen LogP contribution < -0.4 is 5.32 Å². The number of amides is 1. The van der Waals surface area contributed by atoms with Gasteiger partial charge in [0.1, 0.15) is 0 Å². The second kappa shape index (κ2) is 3.40. The van der Waals surface area contributed by atoms with Gasteiger partial charge in [-0.25, -0.2) is 0 Å². The van der Waals surface area contributed by atoms with Crippen LogP contribution in [0.1, 0.15) is 19.3 Å². The molecule has 1 aliphatic heterocycles. The lowest BCUT2D eigenvalue weighted by molar-refractivity contribution is -0.119. The summed E-state index contributed by atoms with van der Waals surface area (Å²) in [4.78, 5) is 10.7. The molecule has 0 aromatic carbocycles. The van der Waals surface area contributed by atoms with Gasteiger partial charge in [0.2, 0.25) is 5.91 Å². The average Bonchev–Trinajstić information content (AvgIpc) is 2.31. The van der Waals surface area contributed by atoms with Crippen molar-refractivity contribution in [2.45, 2.75) is 19.3 Å². The molecule has 1 atom stereocenters. The van der Waals surface area contributed by atoms with Crippen molar-refractivity contribution in [3.8, 4) is 0 Å². The Morgan fingerprint density at radius 2 is 2.60 bits per heavy atom. The van der Waals surface area contributed by atoms with E-state index in [1.807, 2.05) is 6.08 Å². The van der Waals surface area contributed by atoms with Crippen molar-refractivity contribution in [1.82, 2.24) is 5.32 Å². The number of allylic oxidation sites excluding steroid dienone is 1. The van der Waals surface area contributed by atoms with Crippen LogP contribution in [0.5, 0.6) is 0 Å². The molecule has 0 spiro atoms. The lowest BCUT2D eigenvalue weighted by Gasteiger charge is -2.01. The minimum atomic E-state index is 0.203. The fourth-order valence-electron chi connectivity index (χ4n) is 1.22. The predicted molar refractivity (Wildman–Crippen MR) is 40.5 cm³/mol. The van der Waals surface area contributed by atoms with Gasteiger partial charge in [-0.15, -0.1) is 6.58 Å². The average molecular weight is 139 g/mol. The molecule has 0 aromatic rings. The van der Waals surface area contributed by atoms with Crippen LogP contribution >= 0.6 is 0 Å². The highest BCUT2D eigenvalue weighted by Crippen LogP contribution is 2.14. The first-order valence-corrected chi connectivity index (χ1v) is 3.70. The highest BCUT2D eigenvalue weighted by atomic mass is 16.1. The van der Waals surface area contributed by atoms with E-state index in [-0.39, 0.29) is 5.91 Å². The molecule has 10 heavy (non-hydrogen) atoms. The highest BCUT2D eigenvalue weighted by Gasteiger charge is 2.19. The molecule has 0 bridgehead atoms. The molecule has 0 aliphatic carbocycles. The molecule has 1 saturated heterocycles. The van der Waals surface area contributed by atoms with Crippen LogP contribution in [0.2, 0.25) is 0 Å². The second-order valence-corrected chi connectivity index (χ2v) is 2.74. The first-order valence-electron chi connectivity index (χ1n) is 3.70. The minimum absolute atomic E-state index is 0.203. The van der Waals surface area contributed by atoms with Crippen LogP contribution in [0.15, 0.2) is 12.7 Å². The maximum atomic E-state index is 10.7. The Morgan fingerprint density at radius 3 is 3.10 bits per heavy atom. The number of carbonyl (C=O) groups excluding carboxylic acids is 1. The van der Waals surface area contributed by atoms with Crippen molar-refractivity contribution in [2.75, 3.05) is 6.54 Å². The summed E-state index contributed by atoms with van der Waals surface area (Å²) in [7, 11) is 0. The van der Waals surface area contributed by atoms with Crippen molar-refractivity contribution in [2.24, 2.45) is 5.92 Å². The van der Waals surface area contributed by atoms with Crippen molar-refractivity contribution in [3.05, 3.63) is 12.7 Å². The van der Waals surface area contributed by atoms with Gasteiger partial charge in [-0.05, 0) is 18.8 Å². The van der Waals surface area contributed by atoms with Gasteiger partial charge in [0.25, 0.3) is 0 Å². The molecule has 1 heterocycles. The van der Waals surface area contributed by atoms with Gasteiger partial charge in [0.05, 0.1) is 0 Å². The number of nitrogens with one attached hydrogen (secondary N) is 1. The summed E-state index contributed by atoms with van der Waals surface area (Å²) in [5.74, 6) is 0.763. The van der Waals surface area contributed by atoms with Gasteiger partial charge >= 0.3 is 0 Å². The smallest absolute Gasteiger partial charge is 0.220 e. The van der Waals surface area contributed by atoms with Gasteiger partial charge < -0.3 is 5.32 Å². The third kappa shape index (κ3) is 1.87. The van der Waals surface area contributed by atoms with Gasteiger partial charge in [-0.3, -0.25) is 4.79 Å². The molecule has 0 radical (unpaired) electrons. The first kappa shape index (κ1) is 7.32. The molecule has 1 amide bonds. The first-order chi connectivity index (χ1) is 4.83. The summed E-state index contributed by atoms with van der Waals surface area (Å²) in [6.45, 7) is 4.50. The maximum absolute atomic E-state index is 10.7. The molecule has 0 aromatic heterocycles. The van der Waals surface area contributed by atoms with E-state index >= 15 is 0 Å². The molecule has 1 unspecified atom stereocenters. The van der Waals surface area contributed by atoms with Crippen molar-refractivity contribution < 1.29 is 4.79 Å². The maximum Gasteiger partial charge on any atom is 0.220 e.